The van der Waals surface area contributed by atoms with Crippen LogP contribution in [-0.4, -0.2) is 66.4 Å². The molecular formula is C20H22N4O5. The summed E-state index contributed by atoms with van der Waals surface area (Å²) in [5.74, 6) is -0.103. The summed E-state index contributed by atoms with van der Waals surface area (Å²) in [5.41, 5.74) is 0.967. The second-order valence-corrected chi connectivity index (χ2v) is 6.76. The molecule has 0 bridgehead atoms. The van der Waals surface area contributed by atoms with Crippen LogP contribution in [0.15, 0.2) is 48.5 Å². The highest BCUT2D eigenvalue weighted by molar-refractivity contribution is 5.97. The molecule has 1 fully saturated rings. The van der Waals surface area contributed by atoms with Crippen molar-refractivity contribution in [3.8, 4) is 5.75 Å². The molecular weight excluding hydrogens is 376 g/mol. The molecule has 3 rings (SSSR count). The summed E-state index contributed by atoms with van der Waals surface area (Å²) in [6, 6.07) is 12.3. The maximum absolute atomic E-state index is 12.7. The Balaban J connectivity index is 1.54. The van der Waals surface area contributed by atoms with Gasteiger partial charge in [0.15, 0.2) is 6.61 Å². The number of nitro benzene ring substituents is 1. The van der Waals surface area contributed by atoms with Crippen molar-refractivity contribution in [1.82, 2.24) is 9.80 Å². The summed E-state index contributed by atoms with van der Waals surface area (Å²) < 4.78 is 5.34. The van der Waals surface area contributed by atoms with E-state index in [1.54, 1.807) is 29.2 Å². The van der Waals surface area contributed by atoms with E-state index in [1.165, 1.54) is 24.3 Å². The maximum atomic E-state index is 12.7. The smallest absolute Gasteiger partial charge is 0.269 e. The minimum absolute atomic E-state index is 0.0522. The van der Waals surface area contributed by atoms with Crippen LogP contribution in [0.4, 0.5) is 11.4 Å². The SMILES string of the molecule is CN1CCN(C(=O)c2cccc(NC(=O)COc3ccc([N+](=O)[O-])cc3)c2)CC1. The van der Waals surface area contributed by atoms with Gasteiger partial charge in [-0.15, -0.1) is 0 Å². The Kier molecular flexibility index (Phi) is 6.40. The van der Waals surface area contributed by atoms with Crippen LogP contribution in [-0.2, 0) is 4.79 Å². The molecule has 1 aliphatic heterocycles. The van der Waals surface area contributed by atoms with Crippen molar-refractivity contribution in [3.05, 3.63) is 64.2 Å². The first kappa shape index (κ1) is 20.3. The van der Waals surface area contributed by atoms with Gasteiger partial charge in [-0.3, -0.25) is 19.7 Å². The number of likely N-dealkylation sites (N-methyl/N-ethyl adjacent to an activating group) is 1. The molecule has 9 nitrogen and oxygen atoms in total. The van der Waals surface area contributed by atoms with Gasteiger partial charge in [0, 0.05) is 49.6 Å². The molecule has 0 aliphatic carbocycles. The third-order valence-corrected chi connectivity index (χ3v) is 4.60. The second-order valence-electron chi connectivity index (χ2n) is 6.76. The first-order valence-corrected chi connectivity index (χ1v) is 9.17. The molecule has 0 spiro atoms. The fraction of sp³-hybridized carbons (Fsp3) is 0.300. The molecule has 1 N–H and O–H groups in total. The third-order valence-electron chi connectivity index (χ3n) is 4.60. The fourth-order valence-corrected chi connectivity index (χ4v) is 2.93. The molecule has 152 valence electrons. The van der Waals surface area contributed by atoms with E-state index in [4.69, 9.17) is 4.74 Å². The lowest BCUT2D eigenvalue weighted by Crippen LogP contribution is -2.47. The van der Waals surface area contributed by atoms with E-state index in [2.05, 4.69) is 10.2 Å². The van der Waals surface area contributed by atoms with Crippen LogP contribution >= 0.6 is 0 Å². The number of hydrogen-bond acceptors (Lipinski definition) is 6. The van der Waals surface area contributed by atoms with Crippen LogP contribution in [0.5, 0.6) is 5.75 Å². The van der Waals surface area contributed by atoms with Gasteiger partial charge in [-0.2, -0.15) is 0 Å². The van der Waals surface area contributed by atoms with Crippen molar-refractivity contribution in [3.63, 3.8) is 0 Å². The van der Waals surface area contributed by atoms with Crippen LogP contribution in [0.3, 0.4) is 0 Å². The van der Waals surface area contributed by atoms with Gasteiger partial charge in [0.2, 0.25) is 0 Å². The molecule has 2 amide bonds. The number of nitrogens with zero attached hydrogens (tertiary/aromatic N) is 3. The van der Waals surface area contributed by atoms with E-state index in [-0.39, 0.29) is 18.2 Å². The Hall–Kier alpha value is -3.46. The van der Waals surface area contributed by atoms with Crippen LogP contribution in [0, 0.1) is 10.1 Å². The van der Waals surface area contributed by atoms with E-state index in [1.807, 2.05) is 7.05 Å². The molecule has 1 heterocycles. The second kappa shape index (κ2) is 9.16. The van der Waals surface area contributed by atoms with E-state index in [9.17, 15) is 19.7 Å². The van der Waals surface area contributed by atoms with E-state index in [0.29, 0.717) is 30.1 Å². The van der Waals surface area contributed by atoms with Gasteiger partial charge in [-0.05, 0) is 37.4 Å². The predicted octanol–water partition coefficient (Wildman–Crippen LogP) is 2.00. The molecule has 29 heavy (non-hydrogen) atoms. The number of amides is 2. The monoisotopic (exact) mass is 398 g/mol. The molecule has 2 aromatic rings. The Morgan fingerprint density at radius 3 is 2.45 bits per heavy atom. The van der Waals surface area contributed by atoms with Gasteiger partial charge < -0.3 is 19.9 Å². The van der Waals surface area contributed by atoms with Crippen molar-refractivity contribution < 1.29 is 19.2 Å². The summed E-state index contributed by atoms with van der Waals surface area (Å²) in [6.07, 6.45) is 0. The summed E-state index contributed by atoms with van der Waals surface area (Å²) in [7, 11) is 2.02. The van der Waals surface area contributed by atoms with E-state index < -0.39 is 10.8 Å². The molecule has 0 unspecified atom stereocenters. The quantitative estimate of drug-likeness (QED) is 0.589. The van der Waals surface area contributed by atoms with Gasteiger partial charge in [-0.25, -0.2) is 0 Å². The Morgan fingerprint density at radius 2 is 1.79 bits per heavy atom. The number of carbonyl (C=O) groups is 2. The van der Waals surface area contributed by atoms with Gasteiger partial charge >= 0.3 is 0 Å². The molecule has 0 atom stereocenters. The largest absolute Gasteiger partial charge is 0.484 e. The minimum atomic E-state index is -0.507. The number of hydrogen-bond donors (Lipinski definition) is 1. The number of ether oxygens (including phenoxy) is 1. The summed E-state index contributed by atoms with van der Waals surface area (Å²) in [6.45, 7) is 2.77. The standard InChI is InChI=1S/C20H22N4O5/c1-22-9-11-23(12-10-22)20(26)15-3-2-4-16(13-15)21-19(25)14-29-18-7-5-17(6-8-18)24(27)28/h2-8,13H,9-12,14H2,1H3,(H,21,25). The van der Waals surface area contributed by atoms with Crippen LogP contribution < -0.4 is 10.1 Å². The molecule has 1 aliphatic rings. The first-order valence-electron chi connectivity index (χ1n) is 9.17. The number of piperazine rings is 1. The lowest BCUT2D eigenvalue weighted by atomic mass is 10.1. The van der Waals surface area contributed by atoms with Gasteiger partial charge in [0.05, 0.1) is 4.92 Å². The van der Waals surface area contributed by atoms with Crippen LogP contribution in [0.1, 0.15) is 10.4 Å². The highest BCUT2D eigenvalue weighted by Gasteiger charge is 2.20. The molecule has 0 saturated carbocycles. The topological polar surface area (TPSA) is 105 Å². The van der Waals surface area contributed by atoms with Crippen LogP contribution in [0.2, 0.25) is 0 Å². The number of nitro groups is 1. The van der Waals surface area contributed by atoms with Crippen molar-refractivity contribution in [1.29, 1.82) is 0 Å². The zero-order chi connectivity index (χ0) is 20.8. The fourth-order valence-electron chi connectivity index (χ4n) is 2.93. The lowest BCUT2D eigenvalue weighted by molar-refractivity contribution is -0.384. The summed E-state index contributed by atoms with van der Waals surface area (Å²) in [5, 5.41) is 13.3. The highest BCUT2D eigenvalue weighted by atomic mass is 16.6. The Labute approximate surface area is 168 Å². The number of rotatable bonds is 6. The average Bonchev–Trinajstić information content (AvgIpc) is 2.73. The normalized spacial score (nSPS) is 14.3. The summed E-state index contributed by atoms with van der Waals surface area (Å²) in [4.78, 5) is 38.9. The van der Waals surface area contributed by atoms with Crippen LogP contribution in [0.25, 0.3) is 0 Å². The van der Waals surface area contributed by atoms with E-state index >= 15 is 0 Å². The Bertz CT molecular complexity index is 892. The minimum Gasteiger partial charge on any atom is -0.484 e. The van der Waals surface area contributed by atoms with Crippen molar-refractivity contribution in [2.24, 2.45) is 0 Å². The predicted molar refractivity (Wildman–Crippen MR) is 107 cm³/mol. The number of carbonyl (C=O) groups excluding carboxylic acids is 2. The molecule has 9 heteroatoms. The number of anilines is 1. The zero-order valence-electron chi connectivity index (χ0n) is 16.0. The first-order chi connectivity index (χ1) is 13.9. The number of non-ortho nitro benzene ring substituents is 1. The average molecular weight is 398 g/mol. The molecule has 2 aromatic carbocycles. The van der Waals surface area contributed by atoms with Crippen molar-refractivity contribution in [2.75, 3.05) is 45.2 Å². The van der Waals surface area contributed by atoms with Crippen molar-refractivity contribution in [2.45, 2.75) is 0 Å². The maximum Gasteiger partial charge on any atom is 0.269 e. The third kappa shape index (κ3) is 5.52. The molecule has 0 radical (unpaired) electrons. The summed E-state index contributed by atoms with van der Waals surface area (Å²) >= 11 is 0. The molecule has 1 saturated heterocycles. The number of nitrogens with one attached hydrogen (secondary N) is 1. The zero-order valence-corrected chi connectivity index (χ0v) is 16.0. The highest BCUT2D eigenvalue weighted by Crippen LogP contribution is 2.18. The van der Waals surface area contributed by atoms with Gasteiger partial charge in [0.25, 0.3) is 17.5 Å². The van der Waals surface area contributed by atoms with Crippen molar-refractivity contribution >= 4 is 23.2 Å². The van der Waals surface area contributed by atoms with E-state index in [0.717, 1.165) is 13.1 Å². The van der Waals surface area contributed by atoms with Gasteiger partial charge in [-0.1, -0.05) is 6.07 Å². The van der Waals surface area contributed by atoms with Gasteiger partial charge in [0.1, 0.15) is 5.75 Å². The lowest BCUT2D eigenvalue weighted by Gasteiger charge is -2.32. The number of benzene rings is 2. The molecule has 0 aromatic heterocycles. The Morgan fingerprint density at radius 1 is 1.10 bits per heavy atom.